The number of halogens is 4. The maximum absolute atomic E-state index is 13.7. The van der Waals surface area contributed by atoms with Crippen LogP contribution in [0, 0.1) is 0 Å². The van der Waals surface area contributed by atoms with E-state index in [-0.39, 0.29) is 37.0 Å². The molecule has 1 fully saturated rings. The van der Waals surface area contributed by atoms with Crippen LogP contribution in [0.25, 0.3) is 0 Å². The molecule has 8 nitrogen and oxygen atoms in total. The molecule has 0 aliphatic carbocycles. The summed E-state index contributed by atoms with van der Waals surface area (Å²) in [5.41, 5.74) is -0.0189. The third-order valence-electron chi connectivity index (χ3n) is 3.85. The fourth-order valence-electron chi connectivity index (χ4n) is 2.54. The second kappa shape index (κ2) is 8.00. The van der Waals surface area contributed by atoms with E-state index in [0.29, 0.717) is 0 Å². The summed E-state index contributed by atoms with van der Waals surface area (Å²) < 4.78 is 69.0. The first-order chi connectivity index (χ1) is 13.2. The minimum Gasteiger partial charge on any atom is -0.482 e. The fraction of sp³-hybridized carbons (Fsp3) is 0.438. The quantitative estimate of drug-likeness (QED) is 0.682. The van der Waals surface area contributed by atoms with Gasteiger partial charge in [-0.05, 0) is 6.07 Å². The Bertz CT molecular complexity index is 811. The minimum absolute atomic E-state index is 0.0189. The summed E-state index contributed by atoms with van der Waals surface area (Å²) in [5.74, 6) is -0.941. The molecule has 2 aromatic heterocycles. The van der Waals surface area contributed by atoms with Crippen LogP contribution in [0.1, 0.15) is 16.4 Å². The van der Waals surface area contributed by atoms with E-state index in [2.05, 4.69) is 14.7 Å². The second-order valence-corrected chi connectivity index (χ2v) is 5.80. The summed E-state index contributed by atoms with van der Waals surface area (Å²) in [6.07, 6.45) is -4.65. The number of oxazole rings is 1. The number of amides is 1. The molecule has 0 saturated carbocycles. The molecule has 12 heteroatoms. The summed E-state index contributed by atoms with van der Waals surface area (Å²) in [6, 6.07) is 2.21. The van der Waals surface area contributed by atoms with E-state index in [1.54, 1.807) is 0 Å². The van der Waals surface area contributed by atoms with Gasteiger partial charge in [0.05, 0.1) is 19.3 Å². The molecule has 3 rings (SSSR count). The van der Waals surface area contributed by atoms with Crippen molar-refractivity contribution in [2.75, 3.05) is 20.2 Å². The highest BCUT2D eigenvalue weighted by Gasteiger charge is 2.36. The van der Waals surface area contributed by atoms with Crippen molar-refractivity contribution in [3.8, 4) is 11.6 Å². The van der Waals surface area contributed by atoms with Crippen LogP contribution in [-0.2, 0) is 11.3 Å². The van der Waals surface area contributed by atoms with Crippen LogP contribution < -0.4 is 9.47 Å². The lowest BCUT2D eigenvalue weighted by molar-refractivity contribution is -0.276. The molecule has 0 aromatic carbocycles. The number of hydrogen-bond donors (Lipinski definition) is 0. The van der Waals surface area contributed by atoms with Gasteiger partial charge in [-0.3, -0.25) is 4.79 Å². The van der Waals surface area contributed by atoms with Crippen molar-refractivity contribution >= 4 is 5.91 Å². The lowest BCUT2D eigenvalue weighted by Crippen LogP contribution is -2.30. The van der Waals surface area contributed by atoms with Crippen molar-refractivity contribution in [1.82, 2.24) is 14.9 Å². The molecule has 0 bridgehead atoms. The average Bonchev–Trinajstić information content (AvgIpc) is 3.26. The molecule has 2 aromatic rings. The summed E-state index contributed by atoms with van der Waals surface area (Å²) >= 11 is 0. The molecule has 0 spiro atoms. The van der Waals surface area contributed by atoms with Crippen molar-refractivity contribution in [1.29, 1.82) is 0 Å². The third-order valence-corrected chi connectivity index (χ3v) is 3.85. The molecule has 1 aliphatic heterocycles. The zero-order chi connectivity index (χ0) is 20.3. The number of hydrogen-bond acceptors (Lipinski definition) is 7. The molecular formula is C16H15F4N3O5. The maximum atomic E-state index is 13.7. The Morgan fingerprint density at radius 1 is 1.36 bits per heavy atom. The van der Waals surface area contributed by atoms with Crippen molar-refractivity contribution in [3.63, 3.8) is 0 Å². The van der Waals surface area contributed by atoms with Gasteiger partial charge >= 0.3 is 6.36 Å². The largest absolute Gasteiger partial charge is 0.574 e. The number of ether oxygens (including phenoxy) is 3. The number of aromatic nitrogens is 2. The first kappa shape index (κ1) is 19.9. The predicted molar refractivity (Wildman–Crippen MR) is 83.4 cm³/mol. The van der Waals surface area contributed by atoms with Gasteiger partial charge in [0.15, 0.2) is 12.3 Å². The standard InChI is InChI=1S/C16H15F4N3O5/c1-25-12-6-23(5-10(12)17)15(24)11-7-27-14(22-11)8-26-9-2-3-13(21-4-9)28-16(18,19)20/h2-4,7,10,12H,5-6,8H2,1H3/t10-,12-/m0/s1. The number of pyridine rings is 1. The van der Waals surface area contributed by atoms with Crippen LogP contribution in [0.3, 0.4) is 0 Å². The number of nitrogens with zero attached hydrogens (tertiary/aromatic N) is 3. The molecule has 0 N–H and O–H groups in total. The number of likely N-dealkylation sites (tertiary alicyclic amines) is 1. The number of methoxy groups -OCH3 is 1. The normalized spacial score (nSPS) is 19.7. The molecule has 0 radical (unpaired) electrons. The lowest BCUT2D eigenvalue weighted by atomic mass is 10.3. The third kappa shape index (κ3) is 4.88. The zero-order valence-corrected chi connectivity index (χ0v) is 14.5. The molecule has 152 valence electrons. The average molecular weight is 405 g/mol. The van der Waals surface area contributed by atoms with Crippen LogP contribution >= 0.6 is 0 Å². The van der Waals surface area contributed by atoms with E-state index >= 15 is 0 Å². The highest BCUT2D eigenvalue weighted by Crippen LogP contribution is 2.23. The first-order valence-electron chi connectivity index (χ1n) is 8.00. The zero-order valence-electron chi connectivity index (χ0n) is 14.5. The van der Waals surface area contributed by atoms with E-state index in [9.17, 15) is 22.4 Å². The van der Waals surface area contributed by atoms with Gasteiger partial charge in [-0.25, -0.2) is 14.4 Å². The topological polar surface area (TPSA) is 86.9 Å². The Balaban J connectivity index is 1.54. The van der Waals surface area contributed by atoms with E-state index in [0.717, 1.165) is 18.5 Å². The number of carbonyl (C=O) groups is 1. The van der Waals surface area contributed by atoms with Crippen LogP contribution in [-0.4, -0.2) is 59.6 Å². The van der Waals surface area contributed by atoms with Crippen LogP contribution in [0.15, 0.2) is 29.0 Å². The van der Waals surface area contributed by atoms with E-state index in [1.165, 1.54) is 18.1 Å². The van der Waals surface area contributed by atoms with E-state index < -0.39 is 30.4 Å². The highest BCUT2D eigenvalue weighted by atomic mass is 19.4. The molecule has 2 atom stereocenters. The Morgan fingerprint density at radius 2 is 2.14 bits per heavy atom. The van der Waals surface area contributed by atoms with Crippen LogP contribution in [0.4, 0.5) is 17.6 Å². The maximum Gasteiger partial charge on any atom is 0.574 e. The van der Waals surface area contributed by atoms with Crippen molar-refractivity contribution in [2.24, 2.45) is 0 Å². The molecule has 1 saturated heterocycles. The Hall–Kier alpha value is -2.89. The molecule has 1 aliphatic rings. The van der Waals surface area contributed by atoms with Crippen LogP contribution in [0.5, 0.6) is 11.6 Å². The molecule has 1 amide bonds. The smallest absolute Gasteiger partial charge is 0.482 e. The molecule has 3 heterocycles. The fourth-order valence-corrected chi connectivity index (χ4v) is 2.54. The van der Waals surface area contributed by atoms with Gasteiger partial charge in [0.2, 0.25) is 11.8 Å². The van der Waals surface area contributed by atoms with Crippen LogP contribution in [0.2, 0.25) is 0 Å². The summed E-state index contributed by atoms with van der Waals surface area (Å²) in [7, 11) is 1.37. The van der Waals surface area contributed by atoms with Crippen molar-refractivity contribution in [3.05, 3.63) is 36.2 Å². The van der Waals surface area contributed by atoms with Gasteiger partial charge in [-0.2, -0.15) is 0 Å². The summed E-state index contributed by atoms with van der Waals surface area (Å²) in [4.78, 5) is 21.0. The monoisotopic (exact) mass is 405 g/mol. The van der Waals surface area contributed by atoms with Gasteiger partial charge in [0, 0.05) is 13.2 Å². The summed E-state index contributed by atoms with van der Waals surface area (Å²) in [6.45, 7) is -0.192. The Labute approximate surface area is 156 Å². The lowest BCUT2D eigenvalue weighted by Gasteiger charge is -2.13. The summed E-state index contributed by atoms with van der Waals surface area (Å²) in [5, 5.41) is 0. The van der Waals surface area contributed by atoms with E-state index in [1.807, 2.05) is 0 Å². The van der Waals surface area contributed by atoms with Gasteiger partial charge in [0.1, 0.15) is 24.3 Å². The van der Waals surface area contributed by atoms with Crippen molar-refractivity contribution < 1.29 is 41.0 Å². The SMILES string of the molecule is CO[C@H]1CN(C(=O)c2coc(COc3ccc(OC(F)(F)F)nc3)n2)C[C@@H]1F. The van der Waals surface area contributed by atoms with Gasteiger partial charge in [-0.1, -0.05) is 0 Å². The first-order valence-corrected chi connectivity index (χ1v) is 8.00. The number of rotatable bonds is 6. The van der Waals surface area contributed by atoms with Gasteiger partial charge in [0.25, 0.3) is 5.91 Å². The van der Waals surface area contributed by atoms with Crippen molar-refractivity contribution in [2.45, 2.75) is 25.2 Å². The number of carbonyl (C=O) groups excluding carboxylic acids is 1. The Morgan fingerprint density at radius 3 is 2.75 bits per heavy atom. The van der Waals surface area contributed by atoms with E-state index in [4.69, 9.17) is 13.9 Å². The molecule has 0 unspecified atom stereocenters. The highest BCUT2D eigenvalue weighted by molar-refractivity contribution is 5.92. The van der Waals surface area contributed by atoms with Gasteiger partial charge < -0.3 is 23.5 Å². The number of alkyl halides is 4. The Kier molecular flexibility index (Phi) is 5.68. The van der Waals surface area contributed by atoms with Gasteiger partial charge in [-0.15, -0.1) is 13.2 Å². The minimum atomic E-state index is -4.84. The molecular weight excluding hydrogens is 390 g/mol. The molecule has 28 heavy (non-hydrogen) atoms. The predicted octanol–water partition coefficient (Wildman–Crippen LogP) is 2.36. The second-order valence-electron chi connectivity index (χ2n) is 5.80.